The molecule has 4 rings (SSSR count). The zero-order chi connectivity index (χ0) is 18.1. The fourth-order valence-electron chi connectivity index (χ4n) is 3.29. The molecule has 0 N–H and O–H groups in total. The third-order valence-corrected chi connectivity index (χ3v) is 5.06. The Labute approximate surface area is 161 Å². The lowest BCUT2D eigenvalue weighted by Crippen LogP contribution is -2.36. The number of fused-ring (bicyclic) bond motifs is 1. The summed E-state index contributed by atoms with van der Waals surface area (Å²) in [5.41, 5.74) is 0.948. The highest BCUT2D eigenvalue weighted by Gasteiger charge is 2.22. The molecule has 0 amide bonds. The molecule has 0 spiro atoms. The molecule has 0 atom stereocenters. The molecule has 8 heteroatoms. The van der Waals surface area contributed by atoms with E-state index in [1.807, 2.05) is 6.92 Å². The minimum Gasteiger partial charge on any atom is -0.493 e. The van der Waals surface area contributed by atoms with Gasteiger partial charge in [0.15, 0.2) is 0 Å². The molecule has 136 valence electrons. The minimum absolute atomic E-state index is 0.498. The van der Waals surface area contributed by atoms with Crippen LogP contribution in [-0.2, 0) is 0 Å². The summed E-state index contributed by atoms with van der Waals surface area (Å²) >= 11 is 12.0. The number of benzene rings is 1. The van der Waals surface area contributed by atoms with Crippen LogP contribution in [0.15, 0.2) is 30.6 Å². The fraction of sp³-hybridized carbons (Fsp3) is 0.389. The van der Waals surface area contributed by atoms with Gasteiger partial charge in [0, 0.05) is 34.9 Å². The number of hydrogen-bond acceptors (Lipinski definition) is 5. The molecule has 0 saturated carbocycles. The Morgan fingerprint density at radius 2 is 1.85 bits per heavy atom. The maximum absolute atomic E-state index is 6.02. The maximum atomic E-state index is 6.02. The SMILES string of the molecule is Cc1cc(N2CCC(COc3cc(Cl)cc(Cl)c3)CC2)n2ncnc2n1. The van der Waals surface area contributed by atoms with Crippen molar-refractivity contribution in [3.05, 3.63) is 46.3 Å². The standard InChI is InChI=1S/C18H19Cl2N5O/c1-12-6-17(25-18(23-12)21-11-22-25)24-4-2-13(3-5-24)10-26-16-8-14(19)7-15(20)9-16/h6-9,11,13H,2-5,10H2,1H3. The van der Waals surface area contributed by atoms with Crippen molar-refractivity contribution in [2.75, 3.05) is 24.6 Å². The van der Waals surface area contributed by atoms with E-state index in [1.54, 1.807) is 29.0 Å². The van der Waals surface area contributed by atoms with Crippen LogP contribution in [0.2, 0.25) is 10.0 Å². The summed E-state index contributed by atoms with van der Waals surface area (Å²) in [6.45, 7) is 4.54. The second-order valence-electron chi connectivity index (χ2n) is 6.57. The first-order valence-corrected chi connectivity index (χ1v) is 9.35. The van der Waals surface area contributed by atoms with Gasteiger partial charge in [-0.05, 0) is 43.9 Å². The zero-order valence-electron chi connectivity index (χ0n) is 14.4. The van der Waals surface area contributed by atoms with Crippen molar-refractivity contribution in [2.45, 2.75) is 19.8 Å². The van der Waals surface area contributed by atoms with Crippen molar-refractivity contribution in [3.8, 4) is 5.75 Å². The normalized spacial score (nSPS) is 15.6. The number of hydrogen-bond donors (Lipinski definition) is 0. The van der Waals surface area contributed by atoms with Crippen molar-refractivity contribution in [1.29, 1.82) is 0 Å². The fourth-order valence-corrected chi connectivity index (χ4v) is 3.80. The van der Waals surface area contributed by atoms with Crippen molar-refractivity contribution in [2.24, 2.45) is 5.92 Å². The summed E-state index contributed by atoms with van der Waals surface area (Å²) < 4.78 is 7.70. The van der Waals surface area contributed by atoms with E-state index in [9.17, 15) is 0 Å². The van der Waals surface area contributed by atoms with Gasteiger partial charge in [-0.1, -0.05) is 23.2 Å². The molecule has 3 heterocycles. The molecule has 0 bridgehead atoms. The predicted octanol–water partition coefficient (Wildman–Crippen LogP) is 4.03. The summed E-state index contributed by atoms with van der Waals surface area (Å²) in [4.78, 5) is 10.9. The van der Waals surface area contributed by atoms with E-state index in [0.717, 1.165) is 43.2 Å². The molecule has 26 heavy (non-hydrogen) atoms. The van der Waals surface area contributed by atoms with Crippen LogP contribution in [0.4, 0.5) is 5.82 Å². The van der Waals surface area contributed by atoms with Crippen LogP contribution in [0.5, 0.6) is 5.75 Å². The second-order valence-corrected chi connectivity index (χ2v) is 7.45. The van der Waals surface area contributed by atoms with Crippen LogP contribution < -0.4 is 9.64 Å². The van der Waals surface area contributed by atoms with Crippen LogP contribution in [0, 0.1) is 12.8 Å². The van der Waals surface area contributed by atoms with E-state index < -0.39 is 0 Å². The van der Waals surface area contributed by atoms with Gasteiger partial charge in [0.2, 0.25) is 0 Å². The lowest BCUT2D eigenvalue weighted by atomic mass is 9.98. The smallest absolute Gasteiger partial charge is 0.254 e. The molecule has 1 aliphatic rings. The first kappa shape index (κ1) is 17.4. The highest BCUT2D eigenvalue weighted by atomic mass is 35.5. The summed E-state index contributed by atoms with van der Waals surface area (Å²) in [7, 11) is 0. The Morgan fingerprint density at radius 1 is 1.12 bits per heavy atom. The molecule has 1 fully saturated rings. The maximum Gasteiger partial charge on any atom is 0.254 e. The van der Waals surface area contributed by atoms with Gasteiger partial charge < -0.3 is 9.64 Å². The zero-order valence-corrected chi connectivity index (χ0v) is 15.9. The molecular weight excluding hydrogens is 373 g/mol. The van der Waals surface area contributed by atoms with Crippen molar-refractivity contribution in [1.82, 2.24) is 19.6 Å². The Balaban J connectivity index is 1.38. The Morgan fingerprint density at radius 3 is 2.58 bits per heavy atom. The van der Waals surface area contributed by atoms with Gasteiger partial charge in [-0.2, -0.15) is 14.6 Å². The molecule has 2 aromatic heterocycles. The van der Waals surface area contributed by atoms with Crippen molar-refractivity contribution >= 4 is 34.8 Å². The molecule has 0 unspecified atom stereocenters. The van der Waals surface area contributed by atoms with Crippen LogP contribution >= 0.6 is 23.2 Å². The van der Waals surface area contributed by atoms with Gasteiger partial charge in [0.25, 0.3) is 5.78 Å². The van der Waals surface area contributed by atoms with Crippen molar-refractivity contribution in [3.63, 3.8) is 0 Å². The summed E-state index contributed by atoms with van der Waals surface area (Å²) in [6.07, 6.45) is 3.64. The average Bonchev–Trinajstić information content (AvgIpc) is 3.07. The Kier molecular flexibility index (Phi) is 4.87. The van der Waals surface area contributed by atoms with Gasteiger partial charge in [-0.25, -0.2) is 4.98 Å². The van der Waals surface area contributed by atoms with Gasteiger partial charge >= 0.3 is 0 Å². The lowest BCUT2D eigenvalue weighted by Gasteiger charge is -2.33. The number of nitrogens with zero attached hydrogens (tertiary/aromatic N) is 5. The molecule has 1 aromatic carbocycles. The largest absolute Gasteiger partial charge is 0.493 e. The molecule has 0 radical (unpaired) electrons. The van der Waals surface area contributed by atoms with Gasteiger partial charge in [0.05, 0.1) is 6.61 Å². The van der Waals surface area contributed by atoms with Crippen LogP contribution in [0.3, 0.4) is 0 Å². The van der Waals surface area contributed by atoms with E-state index in [1.165, 1.54) is 0 Å². The van der Waals surface area contributed by atoms with E-state index in [-0.39, 0.29) is 0 Å². The van der Waals surface area contributed by atoms with E-state index in [0.29, 0.717) is 28.3 Å². The van der Waals surface area contributed by atoms with Crippen molar-refractivity contribution < 1.29 is 4.74 Å². The number of aryl methyl sites for hydroxylation is 1. The Bertz CT molecular complexity index is 901. The van der Waals surface area contributed by atoms with Gasteiger partial charge in [-0.15, -0.1) is 0 Å². The van der Waals surface area contributed by atoms with E-state index in [2.05, 4.69) is 26.0 Å². The first-order chi connectivity index (χ1) is 12.6. The number of aromatic nitrogens is 4. The number of ether oxygens (including phenoxy) is 1. The molecule has 1 saturated heterocycles. The Hall–Kier alpha value is -2.05. The third kappa shape index (κ3) is 3.71. The van der Waals surface area contributed by atoms with Gasteiger partial charge in [-0.3, -0.25) is 0 Å². The highest BCUT2D eigenvalue weighted by Crippen LogP contribution is 2.27. The van der Waals surface area contributed by atoms with E-state index >= 15 is 0 Å². The molecule has 6 nitrogen and oxygen atoms in total. The molecule has 1 aliphatic heterocycles. The summed E-state index contributed by atoms with van der Waals surface area (Å²) in [5.74, 6) is 2.91. The summed E-state index contributed by atoms with van der Waals surface area (Å²) in [5, 5.41) is 5.48. The predicted molar refractivity (Wildman–Crippen MR) is 102 cm³/mol. The van der Waals surface area contributed by atoms with Gasteiger partial charge in [0.1, 0.15) is 17.9 Å². The molecule has 3 aromatic rings. The molecule has 0 aliphatic carbocycles. The number of rotatable bonds is 4. The quantitative estimate of drug-likeness (QED) is 0.671. The van der Waals surface area contributed by atoms with Crippen LogP contribution in [-0.4, -0.2) is 39.3 Å². The number of halogens is 2. The number of piperidine rings is 1. The van der Waals surface area contributed by atoms with E-state index in [4.69, 9.17) is 27.9 Å². The topological polar surface area (TPSA) is 55.6 Å². The number of anilines is 1. The highest BCUT2D eigenvalue weighted by molar-refractivity contribution is 6.34. The minimum atomic E-state index is 0.498. The first-order valence-electron chi connectivity index (χ1n) is 8.60. The van der Waals surface area contributed by atoms with Crippen LogP contribution in [0.1, 0.15) is 18.5 Å². The second kappa shape index (κ2) is 7.29. The average molecular weight is 392 g/mol. The van der Waals surface area contributed by atoms with Crippen LogP contribution in [0.25, 0.3) is 5.78 Å². The lowest BCUT2D eigenvalue weighted by molar-refractivity contribution is 0.222. The summed E-state index contributed by atoms with van der Waals surface area (Å²) in [6, 6.07) is 7.36. The third-order valence-electron chi connectivity index (χ3n) is 4.62. The molecular formula is C18H19Cl2N5O. The monoisotopic (exact) mass is 391 g/mol.